The predicted molar refractivity (Wildman–Crippen MR) is 61.5 cm³/mol. The van der Waals surface area contributed by atoms with E-state index >= 15 is 0 Å². The molecule has 4 nitrogen and oxygen atoms in total. The van der Waals surface area contributed by atoms with Gasteiger partial charge in [0, 0.05) is 18.2 Å². The van der Waals surface area contributed by atoms with Crippen molar-refractivity contribution in [1.29, 1.82) is 0 Å². The first-order chi connectivity index (χ1) is 7.29. The fourth-order valence-electron chi connectivity index (χ4n) is 2.59. The van der Waals surface area contributed by atoms with Crippen molar-refractivity contribution in [3.63, 3.8) is 0 Å². The minimum absolute atomic E-state index is 0.158. The largest absolute Gasteiger partial charge is 0.382 e. The van der Waals surface area contributed by atoms with Crippen molar-refractivity contribution in [3.05, 3.63) is 0 Å². The Morgan fingerprint density at radius 1 is 1.12 bits per heavy atom. The molecule has 1 rings (SSSR count). The van der Waals surface area contributed by atoms with Crippen LogP contribution in [0.15, 0.2) is 0 Å². The molecule has 0 aromatic heterocycles. The topological polar surface area (TPSA) is 41.6 Å². The summed E-state index contributed by atoms with van der Waals surface area (Å²) in [5, 5.41) is 13.3. The van der Waals surface area contributed by atoms with Gasteiger partial charge in [0.1, 0.15) is 0 Å². The van der Waals surface area contributed by atoms with Gasteiger partial charge in [-0.3, -0.25) is 0 Å². The fraction of sp³-hybridized carbons (Fsp3) is 1.00. The van der Waals surface area contributed by atoms with Gasteiger partial charge in [-0.15, -0.1) is 10.3 Å². The second-order valence-electron chi connectivity index (χ2n) is 5.81. The van der Waals surface area contributed by atoms with Gasteiger partial charge in [-0.05, 0) is 40.5 Å². The molecule has 0 bridgehead atoms. The van der Waals surface area contributed by atoms with Crippen LogP contribution < -0.4 is 0 Å². The lowest BCUT2D eigenvalue weighted by atomic mass is 9.80. The van der Waals surface area contributed by atoms with E-state index in [9.17, 15) is 5.21 Å². The van der Waals surface area contributed by atoms with Crippen molar-refractivity contribution >= 4 is 0 Å². The monoisotopic (exact) mass is 230 g/mol. The van der Waals surface area contributed by atoms with E-state index in [4.69, 9.17) is 9.47 Å². The van der Waals surface area contributed by atoms with Crippen LogP contribution in [0, 0.1) is 0 Å². The molecule has 1 saturated heterocycles. The highest BCUT2D eigenvalue weighted by Crippen LogP contribution is 2.38. The van der Waals surface area contributed by atoms with Gasteiger partial charge in [-0.25, -0.2) is 0 Å². The third-order valence-electron chi connectivity index (χ3n) is 3.19. The number of rotatable bonds is 4. The van der Waals surface area contributed by atoms with Gasteiger partial charge in [0.25, 0.3) is 0 Å². The van der Waals surface area contributed by atoms with Crippen molar-refractivity contribution in [2.45, 2.75) is 57.7 Å². The Morgan fingerprint density at radius 2 is 1.62 bits per heavy atom. The summed E-state index contributed by atoms with van der Waals surface area (Å²) in [4.78, 5) is 0. The van der Waals surface area contributed by atoms with Crippen LogP contribution in [0.5, 0.6) is 0 Å². The molecule has 0 spiro atoms. The van der Waals surface area contributed by atoms with Crippen molar-refractivity contribution in [2.75, 3.05) is 20.3 Å². The number of ether oxygens (including phenoxy) is 2. The zero-order chi connectivity index (χ0) is 12.4. The number of methoxy groups -OCH3 is 1. The molecule has 0 atom stereocenters. The zero-order valence-corrected chi connectivity index (χ0v) is 11.1. The minimum atomic E-state index is -0.348. The third kappa shape index (κ3) is 3.17. The molecular weight excluding hydrogens is 206 g/mol. The quantitative estimate of drug-likeness (QED) is 0.694. The van der Waals surface area contributed by atoms with Gasteiger partial charge >= 0.3 is 0 Å². The number of hydrogen-bond donors (Lipinski definition) is 0. The van der Waals surface area contributed by atoms with Gasteiger partial charge in [0.2, 0.25) is 0 Å². The summed E-state index contributed by atoms with van der Waals surface area (Å²) in [6, 6.07) is 0. The Kier molecular flexibility index (Phi) is 4.35. The van der Waals surface area contributed by atoms with Gasteiger partial charge in [0.05, 0.1) is 19.3 Å². The predicted octanol–water partition coefficient (Wildman–Crippen LogP) is 2.02. The van der Waals surface area contributed by atoms with Crippen LogP contribution in [0.25, 0.3) is 0 Å². The summed E-state index contributed by atoms with van der Waals surface area (Å²) < 4.78 is 10.7. The maximum Gasteiger partial charge on any atom is 0.0704 e. The van der Waals surface area contributed by atoms with E-state index in [-0.39, 0.29) is 17.2 Å². The van der Waals surface area contributed by atoms with Crippen LogP contribution >= 0.6 is 0 Å². The molecule has 4 heteroatoms. The Balaban J connectivity index is 2.57. The first kappa shape index (κ1) is 13.9. The first-order valence-electron chi connectivity index (χ1n) is 5.87. The molecule has 0 aromatic carbocycles. The Morgan fingerprint density at radius 3 is 2.06 bits per heavy atom. The molecule has 16 heavy (non-hydrogen) atoms. The van der Waals surface area contributed by atoms with Crippen LogP contribution in [0.4, 0.5) is 0 Å². The van der Waals surface area contributed by atoms with E-state index in [0.717, 1.165) is 12.8 Å². The molecule has 95 valence electrons. The fourth-order valence-corrected chi connectivity index (χ4v) is 2.59. The van der Waals surface area contributed by atoms with E-state index in [2.05, 4.69) is 0 Å². The van der Waals surface area contributed by atoms with Crippen molar-refractivity contribution < 1.29 is 14.7 Å². The van der Waals surface area contributed by atoms with Crippen LogP contribution in [0.1, 0.15) is 40.5 Å². The average molecular weight is 230 g/mol. The number of piperidine rings is 1. The minimum Gasteiger partial charge on any atom is -0.382 e. The van der Waals surface area contributed by atoms with Gasteiger partial charge in [-0.2, -0.15) is 0 Å². The van der Waals surface area contributed by atoms with Gasteiger partial charge in [0.15, 0.2) is 0 Å². The lowest BCUT2D eigenvalue weighted by Gasteiger charge is -2.49. The summed E-state index contributed by atoms with van der Waals surface area (Å²) in [5.74, 6) is 0. The molecular formula is C12H24NO3. The molecule has 0 amide bonds. The maximum atomic E-state index is 12.1. The van der Waals surface area contributed by atoms with Crippen molar-refractivity contribution in [1.82, 2.24) is 5.06 Å². The maximum absolute atomic E-state index is 12.1. The standard InChI is InChI=1S/C12H24NO3/c1-11(2)8-10(16-7-6-15-5)9-12(3,4)13(11)14/h10H,6-9H2,1-5H3. The molecule has 0 N–H and O–H groups in total. The Labute approximate surface area is 98.5 Å². The molecule has 0 unspecified atom stereocenters. The summed E-state index contributed by atoms with van der Waals surface area (Å²) in [7, 11) is 1.66. The molecule has 1 aliphatic heterocycles. The summed E-state index contributed by atoms with van der Waals surface area (Å²) in [6.07, 6.45) is 1.72. The van der Waals surface area contributed by atoms with E-state index in [1.54, 1.807) is 7.11 Å². The molecule has 1 radical (unpaired) electrons. The second kappa shape index (κ2) is 5.00. The highest BCUT2D eigenvalue weighted by atomic mass is 16.5. The second-order valence-corrected chi connectivity index (χ2v) is 5.81. The Hall–Kier alpha value is -0.160. The molecule has 1 heterocycles. The molecule has 0 saturated carbocycles. The SMILES string of the molecule is COCCOC1CC(C)(C)N([O])C(C)(C)C1. The van der Waals surface area contributed by atoms with Gasteiger partial charge in [-0.1, -0.05) is 0 Å². The lowest BCUT2D eigenvalue weighted by molar-refractivity contribution is -0.301. The summed E-state index contributed by atoms with van der Waals surface area (Å²) in [6.45, 7) is 9.13. The zero-order valence-electron chi connectivity index (χ0n) is 11.1. The summed E-state index contributed by atoms with van der Waals surface area (Å²) >= 11 is 0. The number of hydroxylamine groups is 2. The molecule has 0 aliphatic carbocycles. The first-order valence-corrected chi connectivity index (χ1v) is 5.87. The number of nitrogens with zero attached hydrogens (tertiary/aromatic N) is 1. The summed E-state index contributed by atoms with van der Waals surface area (Å²) in [5.41, 5.74) is -0.695. The van der Waals surface area contributed by atoms with E-state index in [0.29, 0.717) is 13.2 Å². The highest BCUT2D eigenvalue weighted by Gasteiger charge is 2.46. The lowest BCUT2D eigenvalue weighted by Crippen LogP contribution is -2.59. The average Bonchev–Trinajstić information content (AvgIpc) is 2.14. The number of hydrogen-bond acceptors (Lipinski definition) is 3. The van der Waals surface area contributed by atoms with E-state index < -0.39 is 0 Å². The Bertz CT molecular complexity index is 210. The van der Waals surface area contributed by atoms with E-state index in [1.165, 1.54) is 5.06 Å². The van der Waals surface area contributed by atoms with Crippen LogP contribution in [-0.4, -0.2) is 42.6 Å². The normalized spacial score (nSPS) is 25.9. The van der Waals surface area contributed by atoms with Crippen molar-refractivity contribution in [3.8, 4) is 0 Å². The third-order valence-corrected chi connectivity index (χ3v) is 3.19. The van der Waals surface area contributed by atoms with Gasteiger partial charge < -0.3 is 9.47 Å². The van der Waals surface area contributed by atoms with E-state index in [1.807, 2.05) is 27.7 Å². The molecule has 1 aliphatic rings. The van der Waals surface area contributed by atoms with Crippen molar-refractivity contribution in [2.24, 2.45) is 0 Å². The van der Waals surface area contributed by atoms with Crippen LogP contribution in [0.3, 0.4) is 0 Å². The van der Waals surface area contributed by atoms with Crippen LogP contribution in [-0.2, 0) is 14.7 Å². The van der Waals surface area contributed by atoms with Crippen LogP contribution in [0.2, 0.25) is 0 Å². The smallest absolute Gasteiger partial charge is 0.0704 e. The highest BCUT2D eigenvalue weighted by molar-refractivity contribution is 4.96. The molecule has 1 fully saturated rings. The molecule has 0 aromatic rings.